The standard InChI is InChI=1S/C17H24N2O/c1-13-16(8-5-10-18-13)17(20)19-11-9-15(12-19)14-6-3-2-4-7-14/h2-4,6-7,13,15-16,18H,5,8-12H2,1H3. The van der Waals surface area contributed by atoms with Crippen molar-refractivity contribution in [2.75, 3.05) is 19.6 Å². The van der Waals surface area contributed by atoms with Gasteiger partial charge in [0.15, 0.2) is 0 Å². The molecule has 1 aromatic rings. The number of hydrogen-bond acceptors (Lipinski definition) is 2. The van der Waals surface area contributed by atoms with Crippen LogP contribution in [0, 0.1) is 5.92 Å². The quantitative estimate of drug-likeness (QED) is 0.896. The van der Waals surface area contributed by atoms with E-state index in [0.29, 0.717) is 17.9 Å². The monoisotopic (exact) mass is 272 g/mol. The second kappa shape index (κ2) is 5.96. The topological polar surface area (TPSA) is 32.3 Å². The minimum absolute atomic E-state index is 0.179. The second-order valence-corrected chi connectivity index (χ2v) is 6.17. The number of carbonyl (C=O) groups is 1. The van der Waals surface area contributed by atoms with Gasteiger partial charge >= 0.3 is 0 Å². The zero-order valence-corrected chi connectivity index (χ0v) is 12.2. The molecule has 20 heavy (non-hydrogen) atoms. The Balaban J connectivity index is 1.63. The molecule has 3 unspecified atom stereocenters. The molecule has 0 bridgehead atoms. The molecule has 3 heteroatoms. The van der Waals surface area contributed by atoms with Crippen LogP contribution in [0.5, 0.6) is 0 Å². The van der Waals surface area contributed by atoms with Crippen LogP contribution < -0.4 is 5.32 Å². The fourth-order valence-corrected chi connectivity index (χ4v) is 3.57. The molecular formula is C17H24N2O. The van der Waals surface area contributed by atoms with Gasteiger partial charge in [-0.05, 0) is 38.3 Å². The summed E-state index contributed by atoms with van der Waals surface area (Å²) >= 11 is 0. The number of nitrogens with one attached hydrogen (secondary N) is 1. The van der Waals surface area contributed by atoms with Gasteiger partial charge < -0.3 is 10.2 Å². The number of carbonyl (C=O) groups excluding carboxylic acids is 1. The van der Waals surface area contributed by atoms with Gasteiger partial charge in [-0.15, -0.1) is 0 Å². The molecule has 0 spiro atoms. The molecule has 2 aliphatic rings. The normalized spacial score (nSPS) is 30.4. The third-order valence-corrected chi connectivity index (χ3v) is 4.85. The van der Waals surface area contributed by atoms with Gasteiger partial charge in [0.1, 0.15) is 0 Å². The van der Waals surface area contributed by atoms with Gasteiger partial charge in [0, 0.05) is 25.0 Å². The van der Waals surface area contributed by atoms with Crippen LogP contribution in [0.25, 0.3) is 0 Å². The summed E-state index contributed by atoms with van der Waals surface area (Å²) in [4.78, 5) is 14.8. The lowest BCUT2D eigenvalue weighted by Crippen LogP contribution is -2.47. The molecule has 1 amide bonds. The molecule has 2 aliphatic heterocycles. The van der Waals surface area contributed by atoms with Gasteiger partial charge in [0.05, 0.1) is 5.92 Å². The van der Waals surface area contributed by atoms with Crippen molar-refractivity contribution in [3.05, 3.63) is 35.9 Å². The van der Waals surface area contributed by atoms with Gasteiger partial charge in [-0.3, -0.25) is 4.79 Å². The van der Waals surface area contributed by atoms with Gasteiger partial charge in [-0.2, -0.15) is 0 Å². The number of rotatable bonds is 2. The molecule has 1 aromatic carbocycles. The highest BCUT2D eigenvalue weighted by Crippen LogP contribution is 2.29. The van der Waals surface area contributed by atoms with Crippen LogP contribution in [0.15, 0.2) is 30.3 Å². The van der Waals surface area contributed by atoms with E-state index in [1.54, 1.807) is 0 Å². The summed E-state index contributed by atoms with van der Waals surface area (Å²) < 4.78 is 0. The Kier molecular flexibility index (Phi) is 4.06. The minimum Gasteiger partial charge on any atom is -0.342 e. The number of piperidine rings is 1. The van der Waals surface area contributed by atoms with Gasteiger partial charge in [0.2, 0.25) is 5.91 Å². The Morgan fingerprint density at radius 3 is 2.80 bits per heavy atom. The number of amides is 1. The summed E-state index contributed by atoms with van der Waals surface area (Å²) in [5.74, 6) is 1.06. The van der Waals surface area contributed by atoms with E-state index in [0.717, 1.165) is 38.9 Å². The first-order chi connectivity index (χ1) is 9.75. The molecule has 0 aromatic heterocycles. The lowest BCUT2D eigenvalue weighted by atomic mass is 9.90. The maximum absolute atomic E-state index is 12.7. The highest BCUT2D eigenvalue weighted by Gasteiger charge is 2.34. The van der Waals surface area contributed by atoms with Gasteiger partial charge in [0.25, 0.3) is 0 Å². The first-order valence-corrected chi connectivity index (χ1v) is 7.83. The van der Waals surface area contributed by atoms with E-state index in [4.69, 9.17) is 0 Å². The number of likely N-dealkylation sites (tertiary alicyclic amines) is 1. The highest BCUT2D eigenvalue weighted by atomic mass is 16.2. The summed E-state index contributed by atoms with van der Waals surface area (Å²) in [5, 5.41) is 3.43. The molecule has 1 N–H and O–H groups in total. The van der Waals surface area contributed by atoms with Gasteiger partial charge in [-0.1, -0.05) is 30.3 Å². The van der Waals surface area contributed by atoms with Gasteiger partial charge in [-0.25, -0.2) is 0 Å². The largest absolute Gasteiger partial charge is 0.342 e. The van der Waals surface area contributed by atoms with Crippen molar-refractivity contribution >= 4 is 5.91 Å². The van der Waals surface area contributed by atoms with Crippen molar-refractivity contribution in [3.8, 4) is 0 Å². The molecule has 108 valence electrons. The van der Waals surface area contributed by atoms with Crippen molar-refractivity contribution in [1.82, 2.24) is 10.2 Å². The molecule has 3 atom stereocenters. The molecular weight excluding hydrogens is 248 g/mol. The molecule has 0 saturated carbocycles. The van der Waals surface area contributed by atoms with Crippen molar-refractivity contribution in [2.45, 2.75) is 38.1 Å². The maximum Gasteiger partial charge on any atom is 0.227 e. The molecule has 0 aliphatic carbocycles. The van der Waals surface area contributed by atoms with Crippen LogP contribution in [-0.2, 0) is 4.79 Å². The molecule has 3 rings (SSSR count). The van der Waals surface area contributed by atoms with E-state index in [1.807, 2.05) is 0 Å². The molecule has 0 radical (unpaired) electrons. The predicted octanol–water partition coefficient (Wildman–Crippen LogP) is 2.39. The fraction of sp³-hybridized carbons (Fsp3) is 0.588. The van der Waals surface area contributed by atoms with Crippen molar-refractivity contribution in [2.24, 2.45) is 5.92 Å². The lowest BCUT2D eigenvalue weighted by molar-refractivity contribution is -0.136. The van der Waals surface area contributed by atoms with Crippen LogP contribution in [0.2, 0.25) is 0 Å². The lowest BCUT2D eigenvalue weighted by Gasteiger charge is -2.32. The molecule has 2 fully saturated rings. The Morgan fingerprint density at radius 2 is 2.05 bits per heavy atom. The van der Waals surface area contributed by atoms with E-state index in [-0.39, 0.29) is 5.92 Å². The zero-order chi connectivity index (χ0) is 13.9. The Hall–Kier alpha value is -1.35. The summed E-state index contributed by atoms with van der Waals surface area (Å²) in [6.07, 6.45) is 3.26. The SMILES string of the molecule is CC1NCCCC1C(=O)N1CCC(c2ccccc2)C1. The summed E-state index contributed by atoms with van der Waals surface area (Å²) in [6, 6.07) is 10.9. The second-order valence-electron chi connectivity index (χ2n) is 6.17. The van der Waals surface area contributed by atoms with E-state index < -0.39 is 0 Å². The van der Waals surface area contributed by atoms with Crippen LogP contribution >= 0.6 is 0 Å². The van der Waals surface area contributed by atoms with E-state index >= 15 is 0 Å². The Morgan fingerprint density at radius 1 is 1.25 bits per heavy atom. The van der Waals surface area contributed by atoms with Crippen LogP contribution in [0.4, 0.5) is 0 Å². The predicted molar refractivity (Wildman–Crippen MR) is 80.6 cm³/mol. The first kappa shape index (κ1) is 13.6. The Labute approximate surface area is 121 Å². The van der Waals surface area contributed by atoms with E-state index in [9.17, 15) is 4.79 Å². The number of benzene rings is 1. The van der Waals surface area contributed by atoms with Crippen LogP contribution in [0.1, 0.15) is 37.7 Å². The van der Waals surface area contributed by atoms with Crippen molar-refractivity contribution in [1.29, 1.82) is 0 Å². The fourth-order valence-electron chi connectivity index (χ4n) is 3.57. The van der Waals surface area contributed by atoms with E-state index in [1.165, 1.54) is 5.56 Å². The Bertz CT molecular complexity index is 459. The summed E-state index contributed by atoms with van der Waals surface area (Å²) in [7, 11) is 0. The third-order valence-electron chi connectivity index (χ3n) is 4.85. The smallest absolute Gasteiger partial charge is 0.227 e. The van der Waals surface area contributed by atoms with Crippen molar-refractivity contribution in [3.63, 3.8) is 0 Å². The molecule has 2 saturated heterocycles. The number of hydrogen-bond donors (Lipinski definition) is 1. The van der Waals surface area contributed by atoms with Crippen LogP contribution in [-0.4, -0.2) is 36.5 Å². The third kappa shape index (κ3) is 2.73. The summed E-state index contributed by atoms with van der Waals surface area (Å²) in [5.41, 5.74) is 1.37. The molecule has 2 heterocycles. The highest BCUT2D eigenvalue weighted by molar-refractivity contribution is 5.80. The first-order valence-electron chi connectivity index (χ1n) is 7.83. The maximum atomic E-state index is 12.7. The number of nitrogens with zero attached hydrogens (tertiary/aromatic N) is 1. The average Bonchev–Trinajstić information content (AvgIpc) is 2.98. The minimum atomic E-state index is 0.179. The zero-order valence-electron chi connectivity index (χ0n) is 12.2. The molecule has 3 nitrogen and oxygen atoms in total. The van der Waals surface area contributed by atoms with Crippen LogP contribution in [0.3, 0.4) is 0 Å². The van der Waals surface area contributed by atoms with E-state index in [2.05, 4.69) is 47.5 Å². The average molecular weight is 272 g/mol. The summed E-state index contributed by atoms with van der Waals surface area (Å²) in [6.45, 7) is 5.01. The van der Waals surface area contributed by atoms with Crippen molar-refractivity contribution < 1.29 is 4.79 Å².